The second-order valence-corrected chi connectivity index (χ2v) is 7.29. The highest BCUT2D eigenvalue weighted by molar-refractivity contribution is 6.04. The van der Waals surface area contributed by atoms with Crippen LogP contribution in [0, 0.1) is 0 Å². The number of likely N-dealkylation sites (tertiary alicyclic amines) is 1. The molecule has 2 atom stereocenters. The zero-order valence-electron chi connectivity index (χ0n) is 16.5. The van der Waals surface area contributed by atoms with Gasteiger partial charge in [-0.3, -0.25) is 9.59 Å². The number of benzene rings is 2. The molecule has 6 nitrogen and oxygen atoms in total. The Hall–Kier alpha value is -2.86. The fraction of sp³-hybridized carbons (Fsp3) is 0.364. The van der Waals surface area contributed by atoms with Crippen molar-refractivity contribution in [1.82, 2.24) is 0 Å². The van der Waals surface area contributed by atoms with Crippen molar-refractivity contribution in [2.45, 2.75) is 32.2 Å². The van der Waals surface area contributed by atoms with Crippen molar-refractivity contribution in [1.29, 1.82) is 0 Å². The minimum atomic E-state index is -0.199. The van der Waals surface area contributed by atoms with E-state index in [1.807, 2.05) is 0 Å². The maximum atomic E-state index is 12.4. The molecule has 0 radical (unpaired) electrons. The monoisotopic (exact) mass is 382 g/mol. The van der Waals surface area contributed by atoms with Crippen LogP contribution < -0.4 is 20.3 Å². The summed E-state index contributed by atoms with van der Waals surface area (Å²) < 4.78 is 5.11. The van der Waals surface area contributed by atoms with Crippen molar-refractivity contribution >= 4 is 23.2 Å². The van der Waals surface area contributed by atoms with Gasteiger partial charge >= 0.3 is 0 Å². The molecule has 148 valence electrons. The first kappa shape index (κ1) is 19.9. The minimum Gasteiger partial charge on any atom is -0.497 e. The van der Waals surface area contributed by atoms with E-state index in [4.69, 9.17) is 4.74 Å². The van der Waals surface area contributed by atoms with Gasteiger partial charge in [-0.05, 0) is 74.7 Å². The Morgan fingerprint density at radius 3 is 2.29 bits per heavy atom. The van der Waals surface area contributed by atoms with Crippen molar-refractivity contribution in [3.8, 4) is 5.75 Å². The number of nitrogens with one attached hydrogen (secondary N) is 3. The number of methoxy groups -OCH3 is 1. The lowest BCUT2D eigenvalue weighted by molar-refractivity contribution is -0.920. The van der Waals surface area contributed by atoms with Gasteiger partial charge < -0.3 is 20.3 Å². The van der Waals surface area contributed by atoms with E-state index < -0.39 is 0 Å². The van der Waals surface area contributed by atoms with E-state index in [0.29, 0.717) is 29.5 Å². The Kier molecular flexibility index (Phi) is 6.66. The molecule has 3 N–H and O–H groups in total. The van der Waals surface area contributed by atoms with Gasteiger partial charge in [0, 0.05) is 16.9 Å². The molecule has 1 unspecified atom stereocenters. The minimum absolute atomic E-state index is 0.0131. The molecule has 2 aromatic rings. The number of hydrogen-bond donors (Lipinski definition) is 3. The van der Waals surface area contributed by atoms with Crippen LogP contribution >= 0.6 is 0 Å². The number of rotatable bonds is 6. The largest absolute Gasteiger partial charge is 0.497 e. The first-order valence-corrected chi connectivity index (χ1v) is 9.75. The van der Waals surface area contributed by atoms with Crippen LogP contribution in [0.1, 0.15) is 36.5 Å². The van der Waals surface area contributed by atoms with Crippen molar-refractivity contribution in [3.63, 3.8) is 0 Å². The quantitative estimate of drug-likeness (QED) is 0.718. The van der Waals surface area contributed by atoms with Crippen LogP contribution in [0.4, 0.5) is 11.4 Å². The summed E-state index contributed by atoms with van der Waals surface area (Å²) in [4.78, 5) is 26.0. The molecule has 0 saturated carbocycles. The molecule has 3 rings (SSSR count). The molecule has 2 amide bonds. The Balaban J connectivity index is 1.53. The van der Waals surface area contributed by atoms with Gasteiger partial charge in [0.05, 0.1) is 19.7 Å². The molecule has 0 aliphatic carbocycles. The third kappa shape index (κ3) is 5.33. The molecule has 1 saturated heterocycles. The first-order valence-electron chi connectivity index (χ1n) is 9.75. The lowest BCUT2D eigenvalue weighted by atomic mass is 10.0. The Labute approximate surface area is 165 Å². The van der Waals surface area contributed by atoms with E-state index in [1.165, 1.54) is 24.2 Å². The van der Waals surface area contributed by atoms with E-state index in [0.717, 1.165) is 12.3 Å². The van der Waals surface area contributed by atoms with Crippen molar-refractivity contribution < 1.29 is 19.2 Å². The normalized spacial score (nSPS) is 18.9. The molecule has 1 aliphatic heterocycles. The zero-order chi connectivity index (χ0) is 19.9. The number of carbonyl (C=O) groups is 2. The summed E-state index contributed by atoms with van der Waals surface area (Å²) in [6.07, 6.45) is 3.62. The second kappa shape index (κ2) is 9.37. The lowest BCUT2D eigenvalue weighted by Gasteiger charge is -2.29. The highest BCUT2D eigenvalue weighted by Gasteiger charge is 2.24. The third-order valence-electron chi connectivity index (χ3n) is 5.25. The molecule has 0 aromatic heterocycles. The van der Waals surface area contributed by atoms with Gasteiger partial charge in [0.25, 0.3) is 11.8 Å². The van der Waals surface area contributed by atoms with E-state index in [-0.39, 0.29) is 11.8 Å². The van der Waals surface area contributed by atoms with Crippen LogP contribution in [0.3, 0.4) is 0 Å². The Bertz CT molecular complexity index is 803. The van der Waals surface area contributed by atoms with E-state index in [2.05, 4.69) is 17.6 Å². The Morgan fingerprint density at radius 1 is 1.00 bits per heavy atom. The fourth-order valence-electron chi connectivity index (χ4n) is 3.51. The average Bonchev–Trinajstić information content (AvgIpc) is 2.71. The second-order valence-electron chi connectivity index (χ2n) is 7.29. The molecule has 1 fully saturated rings. The summed E-state index contributed by atoms with van der Waals surface area (Å²) in [5, 5.41) is 5.78. The third-order valence-corrected chi connectivity index (χ3v) is 5.25. The number of piperidine rings is 1. The number of ether oxygens (including phenoxy) is 1. The number of quaternary nitrogens is 1. The summed E-state index contributed by atoms with van der Waals surface area (Å²) in [7, 11) is 1.60. The van der Waals surface area contributed by atoms with Gasteiger partial charge in [0.15, 0.2) is 6.54 Å². The highest BCUT2D eigenvalue weighted by atomic mass is 16.5. The average molecular weight is 382 g/mol. The highest BCUT2D eigenvalue weighted by Crippen LogP contribution is 2.16. The van der Waals surface area contributed by atoms with Gasteiger partial charge in [-0.2, -0.15) is 0 Å². The summed E-state index contributed by atoms with van der Waals surface area (Å²) >= 11 is 0. The molecule has 0 spiro atoms. The summed E-state index contributed by atoms with van der Waals surface area (Å²) in [6, 6.07) is 14.6. The van der Waals surface area contributed by atoms with Gasteiger partial charge in [-0.15, -0.1) is 0 Å². The predicted octanol–water partition coefficient (Wildman–Crippen LogP) is 2.34. The zero-order valence-corrected chi connectivity index (χ0v) is 16.5. The van der Waals surface area contributed by atoms with Crippen LogP contribution in [-0.4, -0.2) is 38.1 Å². The fourth-order valence-corrected chi connectivity index (χ4v) is 3.51. The summed E-state index contributed by atoms with van der Waals surface area (Å²) in [5.74, 6) is 0.549. The summed E-state index contributed by atoms with van der Waals surface area (Å²) in [6.45, 7) is 3.75. The van der Waals surface area contributed by atoms with Crippen LogP contribution in [-0.2, 0) is 4.79 Å². The predicted molar refractivity (Wildman–Crippen MR) is 110 cm³/mol. The molecule has 2 aromatic carbocycles. The van der Waals surface area contributed by atoms with Gasteiger partial charge in [-0.25, -0.2) is 0 Å². The van der Waals surface area contributed by atoms with Gasteiger partial charge in [0.1, 0.15) is 5.75 Å². The standard InChI is InChI=1S/C22H27N3O3/c1-16-5-3-4-14-25(16)15-21(26)23-18-8-6-17(7-9-18)22(27)24-19-10-12-20(28-2)13-11-19/h6-13,16H,3-5,14-15H2,1-2H3,(H,23,26)(H,24,27)/p+1/t16-/m0/s1. The molecule has 1 heterocycles. The molecule has 28 heavy (non-hydrogen) atoms. The van der Waals surface area contributed by atoms with E-state index >= 15 is 0 Å². The van der Waals surface area contributed by atoms with Crippen molar-refractivity contribution in [2.75, 3.05) is 30.8 Å². The van der Waals surface area contributed by atoms with E-state index in [1.54, 1.807) is 55.6 Å². The smallest absolute Gasteiger partial charge is 0.279 e. The SMILES string of the molecule is COc1ccc(NC(=O)c2ccc(NC(=O)C[NH+]3CCCC[C@@H]3C)cc2)cc1. The summed E-state index contributed by atoms with van der Waals surface area (Å²) in [5.41, 5.74) is 1.93. The van der Waals surface area contributed by atoms with Crippen molar-refractivity contribution in [3.05, 3.63) is 54.1 Å². The topological polar surface area (TPSA) is 71.9 Å². The van der Waals surface area contributed by atoms with Gasteiger partial charge in [-0.1, -0.05) is 0 Å². The molecule has 0 bridgehead atoms. The van der Waals surface area contributed by atoms with E-state index in [9.17, 15) is 9.59 Å². The van der Waals surface area contributed by atoms with Crippen LogP contribution in [0.25, 0.3) is 0 Å². The number of anilines is 2. The molecule has 1 aliphatic rings. The van der Waals surface area contributed by atoms with Crippen molar-refractivity contribution in [2.24, 2.45) is 0 Å². The number of hydrogen-bond acceptors (Lipinski definition) is 3. The lowest BCUT2D eigenvalue weighted by Crippen LogP contribution is -3.17. The number of carbonyl (C=O) groups excluding carboxylic acids is 2. The Morgan fingerprint density at radius 2 is 1.64 bits per heavy atom. The maximum Gasteiger partial charge on any atom is 0.279 e. The van der Waals surface area contributed by atoms with Crippen LogP contribution in [0.2, 0.25) is 0 Å². The molecular weight excluding hydrogens is 354 g/mol. The molecule has 6 heteroatoms. The number of amides is 2. The molecular formula is C22H28N3O3+. The van der Waals surface area contributed by atoms with Crippen LogP contribution in [0.5, 0.6) is 5.75 Å². The van der Waals surface area contributed by atoms with Gasteiger partial charge in [0.2, 0.25) is 0 Å². The van der Waals surface area contributed by atoms with Crippen LogP contribution in [0.15, 0.2) is 48.5 Å². The maximum absolute atomic E-state index is 12.4. The first-order chi connectivity index (χ1) is 13.5.